The van der Waals surface area contributed by atoms with E-state index in [1.165, 1.54) is 0 Å². The zero-order valence-electron chi connectivity index (χ0n) is 21.2. The van der Waals surface area contributed by atoms with Crippen molar-refractivity contribution in [3.8, 4) is 6.07 Å². The number of fused-ring (bicyclic) bond motifs is 2. The predicted molar refractivity (Wildman–Crippen MR) is 139 cm³/mol. The molecule has 0 aliphatic heterocycles. The lowest BCUT2D eigenvalue weighted by atomic mass is 10.1. The summed E-state index contributed by atoms with van der Waals surface area (Å²) in [7, 11) is 0. The van der Waals surface area contributed by atoms with E-state index < -0.39 is 0 Å². The van der Waals surface area contributed by atoms with Crippen molar-refractivity contribution in [1.82, 2.24) is 13.5 Å². The first kappa shape index (κ1) is 25.8. The molecule has 35 heavy (non-hydrogen) atoms. The third-order valence-corrected chi connectivity index (χ3v) is 6.06. The molecule has 1 atom stereocenters. The Morgan fingerprint density at radius 3 is 2.40 bits per heavy atom. The Balaban J connectivity index is 0.00000167. The summed E-state index contributed by atoms with van der Waals surface area (Å²) in [6.45, 7) is 10.4. The van der Waals surface area contributed by atoms with Crippen molar-refractivity contribution in [3.63, 3.8) is 0 Å². The van der Waals surface area contributed by atoms with Crippen LogP contribution in [0, 0.1) is 18.3 Å². The first-order valence-corrected chi connectivity index (χ1v) is 12.4. The highest BCUT2D eigenvalue weighted by molar-refractivity contribution is 5.77. The number of rotatable bonds is 8. The lowest BCUT2D eigenvalue weighted by molar-refractivity contribution is -0.144. The molecular weight excluding hydrogens is 440 g/mol. The first-order chi connectivity index (χ1) is 17.0. The van der Waals surface area contributed by atoms with Gasteiger partial charge in [0.2, 0.25) is 0 Å². The van der Waals surface area contributed by atoms with Gasteiger partial charge in [0, 0.05) is 17.4 Å². The van der Waals surface area contributed by atoms with Crippen molar-refractivity contribution >= 4 is 22.5 Å². The smallest absolute Gasteiger partial charge is 0.329 e. The van der Waals surface area contributed by atoms with Crippen LogP contribution in [-0.2, 0) is 16.1 Å². The summed E-state index contributed by atoms with van der Waals surface area (Å²) in [6, 6.07) is 17.3. The molecule has 1 unspecified atom stereocenters. The van der Waals surface area contributed by atoms with Gasteiger partial charge in [-0.3, -0.25) is 13.9 Å². The van der Waals surface area contributed by atoms with Crippen LogP contribution in [0.4, 0.5) is 0 Å². The SMILES string of the molecule is CC.CCCC(CC(=O)OCC)n1c(=O)n(Cc2cc(C#N)c3cccc(C)n23)c2ccccc21. The van der Waals surface area contributed by atoms with E-state index in [-0.39, 0.29) is 24.1 Å². The standard InChI is InChI=1S/C26H28N4O3.C2H6/c1-4-9-20(15-25(31)33-5-2)30-24-12-7-6-11-23(24)28(26(30)32)17-21-14-19(16-27)22-13-8-10-18(3)29(21)22;1-2/h6-8,10-14,20H,4-5,9,15,17H2,1-3H3;1-2H3. The Bertz CT molecular complexity index is 1420. The number of carbonyl (C=O) groups is 1. The Kier molecular flexibility index (Phi) is 8.53. The average Bonchev–Trinajstić information content (AvgIpc) is 3.36. The molecule has 0 spiro atoms. The Labute approximate surface area is 206 Å². The molecule has 0 fully saturated rings. The van der Waals surface area contributed by atoms with Crippen LogP contribution in [0.3, 0.4) is 0 Å². The van der Waals surface area contributed by atoms with E-state index in [9.17, 15) is 14.9 Å². The maximum atomic E-state index is 13.7. The minimum Gasteiger partial charge on any atom is -0.466 e. The van der Waals surface area contributed by atoms with Gasteiger partial charge in [-0.2, -0.15) is 5.26 Å². The number of imidazole rings is 1. The van der Waals surface area contributed by atoms with Crippen molar-refractivity contribution in [2.75, 3.05) is 6.61 Å². The number of aryl methyl sites for hydroxylation is 1. The Hall–Kier alpha value is -3.79. The number of para-hydroxylation sites is 2. The molecule has 7 nitrogen and oxygen atoms in total. The van der Waals surface area contributed by atoms with Crippen molar-refractivity contribution in [1.29, 1.82) is 5.26 Å². The molecule has 184 valence electrons. The summed E-state index contributed by atoms with van der Waals surface area (Å²) in [5, 5.41) is 9.62. The average molecular weight is 475 g/mol. The van der Waals surface area contributed by atoms with Gasteiger partial charge >= 0.3 is 11.7 Å². The fraction of sp³-hybridized carbons (Fsp3) is 0.393. The fourth-order valence-corrected chi connectivity index (χ4v) is 4.69. The number of nitriles is 1. The highest BCUT2D eigenvalue weighted by atomic mass is 16.5. The van der Waals surface area contributed by atoms with Crippen molar-refractivity contribution in [2.45, 2.75) is 66.5 Å². The van der Waals surface area contributed by atoms with Gasteiger partial charge in [-0.1, -0.05) is 45.4 Å². The van der Waals surface area contributed by atoms with E-state index in [2.05, 4.69) is 6.07 Å². The van der Waals surface area contributed by atoms with E-state index >= 15 is 0 Å². The molecule has 0 aliphatic carbocycles. The first-order valence-electron chi connectivity index (χ1n) is 12.4. The van der Waals surface area contributed by atoms with Gasteiger partial charge in [-0.15, -0.1) is 0 Å². The topological polar surface area (TPSA) is 81.4 Å². The highest BCUT2D eigenvalue weighted by Gasteiger charge is 2.23. The maximum absolute atomic E-state index is 13.7. The number of pyridine rings is 1. The molecular formula is C28H34N4O3. The number of carbonyl (C=O) groups excluding carboxylic acids is 1. The molecule has 0 saturated heterocycles. The third-order valence-electron chi connectivity index (χ3n) is 6.06. The largest absolute Gasteiger partial charge is 0.466 e. The van der Waals surface area contributed by atoms with Crippen molar-refractivity contribution in [2.24, 2.45) is 0 Å². The summed E-state index contributed by atoms with van der Waals surface area (Å²) in [6.07, 6.45) is 1.68. The van der Waals surface area contributed by atoms with Gasteiger partial charge in [0.25, 0.3) is 0 Å². The summed E-state index contributed by atoms with van der Waals surface area (Å²) in [5.74, 6) is -0.299. The van der Waals surface area contributed by atoms with E-state index in [1.54, 1.807) is 16.1 Å². The molecule has 0 saturated carbocycles. The summed E-state index contributed by atoms with van der Waals surface area (Å²) >= 11 is 0. The second kappa shape index (κ2) is 11.6. The predicted octanol–water partition coefficient (Wildman–Crippen LogP) is 5.60. The quantitative estimate of drug-likeness (QED) is 0.311. The van der Waals surface area contributed by atoms with Crippen LogP contribution in [0.25, 0.3) is 16.6 Å². The van der Waals surface area contributed by atoms with Crippen LogP contribution in [0.15, 0.2) is 53.3 Å². The van der Waals surface area contributed by atoms with Gasteiger partial charge in [-0.05, 0) is 50.6 Å². The number of benzene rings is 1. The highest BCUT2D eigenvalue weighted by Crippen LogP contribution is 2.25. The molecule has 0 bridgehead atoms. The van der Waals surface area contributed by atoms with E-state index in [0.29, 0.717) is 25.1 Å². The Morgan fingerprint density at radius 1 is 1.06 bits per heavy atom. The lowest BCUT2D eigenvalue weighted by Crippen LogP contribution is -2.29. The molecule has 3 heterocycles. The normalized spacial score (nSPS) is 11.7. The van der Waals surface area contributed by atoms with Gasteiger partial charge in [-0.25, -0.2) is 4.79 Å². The number of esters is 1. The molecule has 7 heteroatoms. The van der Waals surface area contributed by atoms with Gasteiger partial charge < -0.3 is 9.14 Å². The zero-order valence-corrected chi connectivity index (χ0v) is 21.2. The minimum atomic E-state index is -0.299. The molecule has 0 amide bonds. The van der Waals surface area contributed by atoms with Crippen LogP contribution in [0.1, 0.15) is 70.0 Å². The number of aromatic nitrogens is 3. The minimum absolute atomic E-state index is 0.154. The summed E-state index contributed by atoms with van der Waals surface area (Å²) in [4.78, 5) is 26.0. The molecule has 0 aliphatic rings. The maximum Gasteiger partial charge on any atom is 0.329 e. The van der Waals surface area contributed by atoms with Gasteiger partial charge in [0.15, 0.2) is 0 Å². The van der Waals surface area contributed by atoms with Crippen molar-refractivity contribution < 1.29 is 9.53 Å². The lowest BCUT2D eigenvalue weighted by Gasteiger charge is -2.17. The van der Waals surface area contributed by atoms with Crippen LogP contribution in [0.5, 0.6) is 0 Å². The molecule has 1 aromatic carbocycles. The second-order valence-electron chi connectivity index (χ2n) is 8.23. The Morgan fingerprint density at radius 2 is 1.74 bits per heavy atom. The molecule has 3 aromatic heterocycles. The van der Waals surface area contributed by atoms with Crippen LogP contribution < -0.4 is 5.69 Å². The summed E-state index contributed by atoms with van der Waals surface area (Å²) < 4.78 is 10.7. The monoisotopic (exact) mass is 474 g/mol. The third kappa shape index (κ3) is 5.02. The van der Waals surface area contributed by atoms with Gasteiger partial charge in [0.05, 0.1) is 41.7 Å². The van der Waals surface area contributed by atoms with Crippen LogP contribution in [0.2, 0.25) is 0 Å². The summed E-state index contributed by atoms with van der Waals surface area (Å²) in [5.41, 5.74) is 4.69. The number of hydrogen-bond acceptors (Lipinski definition) is 4. The number of nitrogens with zero attached hydrogens (tertiary/aromatic N) is 4. The molecule has 0 radical (unpaired) electrons. The van der Waals surface area contributed by atoms with Crippen LogP contribution >= 0.6 is 0 Å². The van der Waals surface area contributed by atoms with Gasteiger partial charge in [0.1, 0.15) is 6.07 Å². The number of ether oxygens (including phenoxy) is 1. The van der Waals surface area contributed by atoms with Crippen LogP contribution in [-0.4, -0.2) is 26.1 Å². The molecule has 0 N–H and O–H groups in total. The molecule has 4 rings (SSSR count). The van der Waals surface area contributed by atoms with E-state index in [1.807, 2.05) is 80.6 Å². The number of hydrogen-bond donors (Lipinski definition) is 0. The molecule has 4 aromatic rings. The van der Waals surface area contributed by atoms with Crippen molar-refractivity contribution in [3.05, 3.63) is 76.0 Å². The second-order valence-corrected chi connectivity index (χ2v) is 8.23. The zero-order chi connectivity index (χ0) is 25.5. The van der Waals surface area contributed by atoms with E-state index in [4.69, 9.17) is 4.74 Å². The van der Waals surface area contributed by atoms with E-state index in [0.717, 1.165) is 34.4 Å². The fourth-order valence-electron chi connectivity index (χ4n) is 4.69.